The maximum Gasteiger partial charge on any atom is 0.458 e. The third kappa shape index (κ3) is 4.57. The second-order valence-corrected chi connectivity index (χ2v) is 5.81. The molecule has 24 heavy (non-hydrogen) atoms. The lowest BCUT2D eigenvalue weighted by Gasteiger charge is -2.20. The van der Waals surface area contributed by atoms with Crippen molar-refractivity contribution < 1.29 is 14.8 Å². The van der Waals surface area contributed by atoms with Gasteiger partial charge in [0.15, 0.2) is 0 Å². The fourth-order valence-corrected chi connectivity index (χ4v) is 2.71. The quantitative estimate of drug-likeness (QED) is 0.653. The maximum absolute atomic E-state index is 9.60. The van der Waals surface area contributed by atoms with Crippen molar-refractivity contribution in [3.05, 3.63) is 72.1 Å². The molecule has 0 bridgehead atoms. The van der Waals surface area contributed by atoms with Crippen molar-refractivity contribution in [2.75, 3.05) is 0 Å². The van der Waals surface area contributed by atoms with Crippen molar-refractivity contribution in [1.82, 2.24) is 4.98 Å². The highest BCUT2D eigenvalue weighted by atomic mass is 16.5. The summed E-state index contributed by atoms with van der Waals surface area (Å²) in [5.74, 6) is 0.251. The van der Waals surface area contributed by atoms with E-state index in [2.05, 4.69) is 11.1 Å². The third-order valence-electron chi connectivity index (χ3n) is 3.95. The molecular formula is C19H20BNO3. The molecule has 0 unspecified atom stereocenters. The van der Waals surface area contributed by atoms with Gasteiger partial charge in [-0.3, -0.25) is 4.98 Å². The number of benzene rings is 1. The molecule has 0 fully saturated rings. The van der Waals surface area contributed by atoms with Gasteiger partial charge in [0.2, 0.25) is 0 Å². The first-order valence-corrected chi connectivity index (χ1v) is 8.12. The number of rotatable bonds is 5. The molecule has 1 aromatic heterocycles. The van der Waals surface area contributed by atoms with Gasteiger partial charge in [0, 0.05) is 12.5 Å². The first-order chi connectivity index (χ1) is 11.7. The van der Waals surface area contributed by atoms with Crippen LogP contribution in [0.3, 0.4) is 0 Å². The van der Waals surface area contributed by atoms with Crippen LogP contribution in [0, 0.1) is 0 Å². The van der Waals surface area contributed by atoms with Gasteiger partial charge in [0.1, 0.15) is 5.75 Å². The van der Waals surface area contributed by atoms with E-state index < -0.39 is 7.12 Å². The Hall–Kier alpha value is -2.37. The van der Waals surface area contributed by atoms with E-state index in [1.807, 2.05) is 42.5 Å². The van der Waals surface area contributed by atoms with Gasteiger partial charge >= 0.3 is 7.12 Å². The number of aromatic nitrogens is 1. The molecule has 1 aliphatic heterocycles. The molecule has 0 saturated carbocycles. The van der Waals surface area contributed by atoms with Crippen LogP contribution in [0.4, 0.5) is 0 Å². The number of allylic oxidation sites excluding steroid dienone is 2. The van der Waals surface area contributed by atoms with Gasteiger partial charge < -0.3 is 14.8 Å². The van der Waals surface area contributed by atoms with E-state index in [1.54, 1.807) is 18.3 Å². The molecule has 0 radical (unpaired) electrons. The lowest BCUT2D eigenvalue weighted by molar-refractivity contribution is 0.193. The minimum Gasteiger partial charge on any atom is -0.508 e. The molecule has 4 nitrogen and oxygen atoms in total. The summed E-state index contributed by atoms with van der Waals surface area (Å²) in [4.78, 5) is 4.45. The van der Waals surface area contributed by atoms with Crippen LogP contribution in [0.1, 0.15) is 24.1 Å². The van der Waals surface area contributed by atoms with Gasteiger partial charge in [-0.2, -0.15) is 0 Å². The first kappa shape index (κ1) is 16.5. The fourth-order valence-electron chi connectivity index (χ4n) is 2.71. The van der Waals surface area contributed by atoms with Crippen molar-refractivity contribution in [3.63, 3.8) is 0 Å². The van der Waals surface area contributed by atoms with Crippen molar-refractivity contribution in [3.8, 4) is 5.75 Å². The second-order valence-electron chi connectivity index (χ2n) is 5.81. The van der Waals surface area contributed by atoms with E-state index in [4.69, 9.17) is 4.65 Å². The van der Waals surface area contributed by atoms with E-state index in [0.29, 0.717) is 6.32 Å². The summed E-state index contributed by atoms with van der Waals surface area (Å²) < 4.78 is 5.53. The number of hydrogen-bond acceptors (Lipinski definition) is 4. The molecule has 0 spiro atoms. The fraction of sp³-hybridized carbons (Fsp3) is 0.211. The molecule has 1 atom stereocenters. The third-order valence-corrected chi connectivity index (χ3v) is 3.95. The van der Waals surface area contributed by atoms with E-state index >= 15 is 0 Å². The average molecular weight is 321 g/mol. The largest absolute Gasteiger partial charge is 0.508 e. The molecule has 0 aliphatic carbocycles. The highest BCUT2D eigenvalue weighted by Gasteiger charge is 2.21. The lowest BCUT2D eigenvalue weighted by Crippen LogP contribution is -2.27. The summed E-state index contributed by atoms with van der Waals surface area (Å²) in [6.07, 6.45) is 9.83. The summed E-state index contributed by atoms with van der Waals surface area (Å²) in [6.45, 7) is 0. The highest BCUT2D eigenvalue weighted by Crippen LogP contribution is 2.25. The number of pyridine rings is 1. The van der Waals surface area contributed by atoms with E-state index in [9.17, 15) is 10.1 Å². The van der Waals surface area contributed by atoms with Crippen LogP contribution >= 0.6 is 0 Å². The van der Waals surface area contributed by atoms with E-state index in [0.717, 1.165) is 29.7 Å². The summed E-state index contributed by atoms with van der Waals surface area (Å²) in [5.41, 5.74) is 3.03. The van der Waals surface area contributed by atoms with Crippen LogP contribution in [0.25, 0.3) is 11.6 Å². The van der Waals surface area contributed by atoms with Gasteiger partial charge in [0.05, 0.1) is 11.8 Å². The van der Waals surface area contributed by atoms with Crippen molar-refractivity contribution >= 4 is 18.8 Å². The Kier molecular flexibility index (Phi) is 5.46. The first-order valence-electron chi connectivity index (χ1n) is 8.12. The highest BCUT2D eigenvalue weighted by molar-refractivity contribution is 6.43. The Morgan fingerprint density at radius 3 is 2.79 bits per heavy atom. The zero-order chi connectivity index (χ0) is 16.8. The van der Waals surface area contributed by atoms with Gasteiger partial charge in [-0.05, 0) is 54.3 Å². The molecule has 2 heterocycles. The Balaban J connectivity index is 1.79. The van der Waals surface area contributed by atoms with Crippen LogP contribution in [0.15, 0.2) is 60.8 Å². The topological polar surface area (TPSA) is 62.6 Å². The summed E-state index contributed by atoms with van der Waals surface area (Å²) in [7, 11) is -0.709. The molecule has 122 valence electrons. The molecular weight excluding hydrogens is 301 g/mol. The Morgan fingerprint density at radius 2 is 2.08 bits per heavy atom. The monoisotopic (exact) mass is 321 g/mol. The van der Waals surface area contributed by atoms with E-state index in [1.165, 1.54) is 0 Å². The molecule has 5 heteroatoms. The molecule has 2 N–H and O–H groups in total. The molecule has 0 amide bonds. The van der Waals surface area contributed by atoms with Gasteiger partial charge in [-0.25, -0.2) is 0 Å². The number of aromatic hydroxyl groups is 1. The normalized spacial score (nSPS) is 18.0. The lowest BCUT2D eigenvalue weighted by atomic mass is 9.82. The second kappa shape index (κ2) is 7.95. The molecule has 3 rings (SSSR count). The Morgan fingerprint density at radius 1 is 1.25 bits per heavy atom. The minimum absolute atomic E-state index is 0.0827. The van der Waals surface area contributed by atoms with Crippen LogP contribution in [-0.4, -0.2) is 28.3 Å². The number of phenols is 1. The maximum atomic E-state index is 9.60. The zero-order valence-corrected chi connectivity index (χ0v) is 13.4. The predicted octanol–water partition coefficient (Wildman–Crippen LogP) is 3.54. The predicted molar refractivity (Wildman–Crippen MR) is 96.2 cm³/mol. The summed E-state index contributed by atoms with van der Waals surface area (Å²) in [5, 5.41) is 19.0. The number of hydrogen-bond donors (Lipinski definition) is 2. The summed E-state index contributed by atoms with van der Waals surface area (Å²) >= 11 is 0. The van der Waals surface area contributed by atoms with Crippen LogP contribution in [0.2, 0.25) is 6.32 Å². The zero-order valence-electron chi connectivity index (χ0n) is 13.4. The molecule has 1 aromatic carbocycles. The summed E-state index contributed by atoms with van der Waals surface area (Å²) in [6, 6.07) is 12.9. The number of nitrogens with zero attached hydrogens (tertiary/aromatic N) is 1. The Bertz CT molecular complexity index is 713. The van der Waals surface area contributed by atoms with Crippen molar-refractivity contribution in [2.24, 2.45) is 0 Å². The molecule has 1 aliphatic rings. The number of phenolic OH excluding ortho intramolecular Hbond substituents is 1. The van der Waals surface area contributed by atoms with Crippen molar-refractivity contribution in [1.29, 1.82) is 0 Å². The Labute approximate surface area is 142 Å². The van der Waals surface area contributed by atoms with Crippen molar-refractivity contribution in [2.45, 2.75) is 25.3 Å². The standard InChI is InChI=1S/C19H20BNO3/c22-17-9-6-15(7-10-17)14-16(19-5-1-2-13-21-19)8-11-18-4-3-12-20(23)24-18/h1-7,9-10,13-14,18,22-23H,8,11-12H2/b16-14-/t18-/m0/s1. The molecule has 2 aromatic rings. The SMILES string of the molecule is OB1CC=C[C@@H](CC/C(=C/c2ccc(O)cc2)c2ccccn2)O1. The average Bonchev–Trinajstić information content (AvgIpc) is 2.61. The van der Waals surface area contributed by atoms with Crippen LogP contribution < -0.4 is 0 Å². The van der Waals surface area contributed by atoms with Gasteiger partial charge in [-0.1, -0.05) is 30.4 Å². The van der Waals surface area contributed by atoms with Crippen LogP contribution in [0.5, 0.6) is 5.75 Å². The minimum atomic E-state index is -0.709. The smallest absolute Gasteiger partial charge is 0.458 e. The molecule has 0 saturated heterocycles. The van der Waals surface area contributed by atoms with E-state index in [-0.39, 0.29) is 11.9 Å². The van der Waals surface area contributed by atoms with Gasteiger partial charge in [0.25, 0.3) is 0 Å². The van der Waals surface area contributed by atoms with Crippen LogP contribution in [-0.2, 0) is 4.65 Å². The van der Waals surface area contributed by atoms with Gasteiger partial charge in [-0.15, -0.1) is 0 Å².